The Labute approximate surface area is 167 Å². The second-order valence-corrected chi connectivity index (χ2v) is 6.98. The second-order valence-electron chi connectivity index (χ2n) is 6.55. The molecule has 0 unspecified atom stereocenters. The van der Waals surface area contributed by atoms with Crippen LogP contribution in [0, 0.1) is 0 Å². The molecule has 6 nitrogen and oxygen atoms in total. The summed E-state index contributed by atoms with van der Waals surface area (Å²) in [5.41, 5.74) is 1.59. The molecule has 3 aromatic rings. The molecule has 1 amide bonds. The molecule has 7 heteroatoms. The van der Waals surface area contributed by atoms with Crippen molar-refractivity contribution in [1.82, 2.24) is 9.97 Å². The standard InChI is InChI=1S/C21H19ClN4O2/c1-28-18-10-7-14(22)11-16(18)25-21(27)17-12-19(23-15-8-9-15)26-20(24-17)13-5-3-2-4-6-13/h2-7,10-12,15H,8-9H2,1H3,(H,25,27)(H,23,24,26). The van der Waals surface area contributed by atoms with Crippen molar-refractivity contribution in [2.75, 3.05) is 17.7 Å². The van der Waals surface area contributed by atoms with E-state index in [9.17, 15) is 4.79 Å². The average Bonchev–Trinajstić information content (AvgIpc) is 3.52. The van der Waals surface area contributed by atoms with Gasteiger partial charge in [-0.2, -0.15) is 0 Å². The molecule has 1 saturated carbocycles. The average molecular weight is 395 g/mol. The quantitative estimate of drug-likeness (QED) is 0.637. The number of nitrogens with one attached hydrogen (secondary N) is 2. The van der Waals surface area contributed by atoms with Crippen molar-refractivity contribution in [3.05, 3.63) is 65.3 Å². The Morgan fingerprint density at radius 3 is 2.61 bits per heavy atom. The first-order valence-corrected chi connectivity index (χ1v) is 9.36. The van der Waals surface area contributed by atoms with Gasteiger partial charge >= 0.3 is 0 Å². The van der Waals surface area contributed by atoms with Gasteiger partial charge in [-0.1, -0.05) is 41.9 Å². The minimum Gasteiger partial charge on any atom is -0.495 e. The molecule has 0 spiro atoms. The predicted octanol–water partition coefficient (Wildman–Crippen LogP) is 4.63. The fourth-order valence-electron chi connectivity index (χ4n) is 2.75. The third-order valence-corrected chi connectivity index (χ3v) is 4.56. The molecule has 28 heavy (non-hydrogen) atoms. The molecule has 2 N–H and O–H groups in total. The molecule has 0 bridgehead atoms. The maximum Gasteiger partial charge on any atom is 0.274 e. The van der Waals surface area contributed by atoms with E-state index in [-0.39, 0.29) is 11.6 Å². The molecule has 0 atom stereocenters. The van der Waals surface area contributed by atoms with Crippen LogP contribution in [-0.2, 0) is 0 Å². The van der Waals surface area contributed by atoms with E-state index in [0.717, 1.165) is 18.4 Å². The van der Waals surface area contributed by atoms with Crippen molar-refractivity contribution in [2.24, 2.45) is 0 Å². The van der Waals surface area contributed by atoms with Gasteiger partial charge in [0.15, 0.2) is 5.82 Å². The van der Waals surface area contributed by atoms with Crippen molar-refractivity contribution in [3.63, 3.8) is 0 Å². The van der Waals surface area contributed by atoms with Crippen molar-refractivity contribution >= 4 is 29.0 Å². The number of anilines is 2. The molecular weight excluding hydrogens is 376 g/mol. The van der Waals surface area contributed by atoms with Crippen molar-refractivity contribution in [3.8, 4) is 17.1 Å². The van der Waals surface area contributed by atoms with Gasteiger partial charge in [-0.15, -0.1) is 0 Å². The summed E-state index contributed by atoms with van der Waals surface area (Å²) < 4.78 is 5.30. The minimum atomic E-state index is -0.362. The number of carbonyl (C=O) groups is 1. The van der Waals surface area contributed by atoms with Gasteiger partial charge in [0.05, 0.1) is 12.8 Å². The van der Waals surface area contributed by atoms with E-state index < -0.39 is 0 Å². The lowest BCUT2D eigenvalue weighted by atomic mass is 10.2. The van der Waals surface area contributed by atoms with E-state index in [4.69, 9.17) is 16.3 Å². The first kappa shape index (κ1) is 18.3. The number of ether oxygens (including phenoxy) is 1. The zero-order chi connectivity index (χ0) is 19.5. The van der Waals surface area contributed by atoms with Gasteiger partial charge in [0.2, 0.25) is 0 Å². The molecule has 1 fully saturated rings. The van der Waals surface area contributed by atoms with Gasteiger partial charge in [0.1, 0.15) is 17.3 Å². The molecule has 1 aliphatic rings. The molecule has 142 valence electrons. The molecule has 1 aromatic heterocycles. The molecule has 0 saturated heterocycles. The third kappa shape index (κ3) is 4.23. The van der Waals surface area contributed by atoms with Crippen LogP contribution >= 0.6 is 11.6 Å². The lowest BCUT2D eigenvalue weighted by Gasteiger charge is -2.12. The topological polar surface area (TPSA) is 76.1 Å². The lowest BCUT2D eigenvalue weighted by molar-refractivity contribution is 0.102. The number of halogens is 1. The SMILES string of the molecule is COc1ccc(Cl)cc1NC(=O)c1cc(NC2CC2)nc(-c2ccccc2)n1. The van der Waals surface area contributed by atoms with Gasteiger partial charge in [-0.05, 0) is 31.0 Å². The summed E-state index contributed by atoms with van der Waals surface area (Å²) in [7, 11) is 1.54. The number of methoxy groups -OCH3 is 1. The highest BCUT2D eigenvalue weighted by molar-refractivity contribution is 6.31. The van der Waals surface area contributed by atoms with Gasteiger partial charge < -0.3 is 15.4 Å². The fraction of sp³-hybridized carbons (Fsp3) is 0.190. The van der Waals surface area contributed by atoms with E-state index in [1.54, 1.807) is 24.3 Å². The highest BCUT2D eigenvalue weighted by Crippen LogP contribution is 2.29. The van der Waals surface area contributed by atoms with Crippen LogP contribution in [0.2, 0.25) is 5.02 Å². The Morgan fingerprint density at radius 2 is 1.89 bits per heavy atom. The largest absolute Gasteiger partial charge is 0.495 e. The van der Waals surface area contributed by atoms with E-state index >= 15 is 0 Å². The molecular formula is C21H19ClN4O2. The Kier molecular flexibility index (Phi) is 5.12. The minimum absolute atomic E-state index is 0.263. The maximum atomic E-state index is 12.9. The van der Waals surface area contributed by atoms with Crippen LogP contribution in [0.3, 0.4) is 0 Å². The van der Waals surface area contributed by atoms with E-state index in [0.29, 0.717) is 34.1 Å². The summed E-state index contributed by atoms with van der Waals surface area (Å²) in [6.07, 6.45) is 2.21. The van der Waals surface area contributed by atoms with E-state index in [2.05, 4.69) is 20.6 Å². The van der Waals surface area contributed by atoms with Crippen LogP contribution in [0.15, 0.2) is 54.6 Å². The molecule has 0 radical (unpaired) electrons. The van der Waals surface area contributed by atoms with Crippen molar-refractivity contribution in [1.29, 1.82) is 0 Å². The second kappa shape index (κ2) is 7.86. The van der Waals surface area contributed by atoms with Crippen LogP contribution in [0.5, 0.6) is 5.75 Å². The van der Waals surface area contributed by atoms with Gasteiger partial charge in [0.25, 0.3) is 5.91 Å². The number of hydrogen-bond acceptors (Lipinski definition) is 5. The Morgan fingerprint density at radius 1 is 1.11 bits per heavy atom. The highest BCUT2D eigenvalue weighted by Gasteiger charge is 2.23. The zero-order valence-electron chi connectivity index (χ0n) is 15.3. The number of hydrogen-bond donors (Lipinski definition) is 2. The number of nitrogens with zero attached hydrogens (tertiary/aromatic N) is 2. The van der Waals surface area contributed by atoms with Crippen LogP contribution in [0.25, 0.3) is 11.4 Å². The van der Waals surface area contributed by atoms with E-state index in [1.165, 1.54) is 7.11 Å². The molecule has 1 aliphatic carbocycles. The predicted molar refractivity (Wildman–Crippen MR) is 110 cm³/mol. The summed E-state index contributed by atoms with van der Waals surface area (Å²) in [6, 6.07) is 16.7. The lowest BCUT2D eigenvalue weighted by Crippen LogP contribution is -2.16. The van der Waals surface area contributed by atoms with Crippen LogP contribution in [0.4, 0.5) is 11.5 Å². The fourth-order valence-corrected chi connectivity index (χ4v) is 2.93. The Bertz CT molecular complexity index is 1010. The smallest absolute Gasteiger partial charge is 0.274 e. The van der Waals surface area contributed by atoms with Crippen molar-refractivity contribution in [2.45, 2.75) is 18.9 Å². The molecule has 4 rings (SSSR count). The highest BCUT2D eigenvalue weighted by atomic mass is 35.5. The summed E-state index contributed by atoms with van der Waals surface area (Å²) in [6.45, 7) is 0. The first-order chi connectivity index (χ1) is 13.6. The van der Waals surface area contributed by atoms with Gasteiger partial charge in [-0.3, -0.25) is 4.79 Å². The van der Waals surface area contributed by atoms with Crippen LogP contribution < -0.4 is 15.4 Å². The summed E-state index contributed by atoms with van der Waals surface area (Å²) in [5.74, 6) is 1.29. The molecule has 2 aromatic carbocycles. The van der Waals surface area contributed by atoms with Crippen LogP contribution in [-0.4, -0.2) is 29.0 Å². The number of rotatable bonds is 6. The maximum absolute atomic E-state index is 12.9. The van der Waals surface area contributed by atoms with Crippen molar-refractivity contribution < 1.29 is 9.53 Å². The number of amides is 1. The molecule has 1 heterocycles. The Balaban J connectivity index is 1.67. The summed E-state index contributed by atoms with van der Waals surface area (Å²) >= 11 is 6.06. The van der Waals surface area contributed by atoms with E-state index in [1.807, 2.05) is 30.3 Å². The third-order valence-electron chi connectivity index (χ3n) is 4.33. The monoisotopic (exact) mass is 394 g/mol. The Hall–Kier alpha value is -3.12. The zero-order valence-corrected chi connectivity index (χ0v) is 16.0. The van der Waals surface area contributed by atoms with Crippen LogP contribution in [0.1, 0.15) is 23.3 Å². The normalized spacial score (nSPS) is 13.1. The number of aromatic nitrogens is 2. The van der Waals surface area contributed by atoms with Gasteiger partial charge in [0, 0.05) is 22.7 Å². The summed E-state index contributed by atoms with van der Waals surface area (Å²) in [4.78, 5) is 21.9. The first-order valence-electron chi connectivity index (χ1n) is 8.98. The molecule has 0 aliphatic heterocycles. The van der Waals surface area contributed by atoms with Gasteiger partial charge in [-0.25, -0.2) is 9.97 Å². The number of carbonyl (C=O) groups excluding carboxylic acids is 1. The summed E-state index contributed by atoms with van der Waals surface area (Å²) in [5, 5.41) is 6.67. The number of benzene rings is 2.